The summed E-state index contributed by atoms with van der Waals surface area (Å²) in [4.78, 5) is 36.3. The van der Waals surface area contributed by atoms with Crippen LogP contribution in [-0.2, 0) is 19.9 Å². The van der Waals surface area contributed by atoms with Crippen molar-refractivity contribution in [3.8, 4) is 0 Å². The molecule has 2 heterocycles. The number of hydrogen-bond donors (Lipinski definition) is 3. The van der Waals surface area contributed by atoms with Crippen LogP contribution in [-0.4, -0.2) is 54.3 Å². The van der Waals surface area contributed by atoms with Gasteiger partial charge < -0.3 is 20.7 Å². The number of rotatable bonds is 7. The van der Waals surface area contributed by atoms with Gasteiger partial charge in [-0.2, -0.15) is 5.10 Å². The predicted molar refractivity (Wildman–Crippen MR) is 114 cm³/mol. The first-order valence-corrected chi connectivity index (χ1v) is 9.52. The lowest BCUT2D eigenvalue weighted by atomic mass is 9.87. The van der Waals surface area contributed by atoms with Crippen LogP contribution in [0.5, 0.6) is 0 Å². The SMILES string of the molecule is COC(=O)CCNC(=O)c1ccc(NC(=O)C2(n3cccn3)CCNCC2)cc1.Cl. The Morgan fingerprint density at radius 3 is 2.50 bits per heavy atom. The first-order valence-electron chi connectivity index (χ1n) is 9.52. The average molecular weight is 436 g/mol. The Hall–Kier alpha value is -2.91. The van der Waals surface area contributed by atoms with Crippen molar-refractivity contribution in [2.24, 2.45) is 0 Å². The van der Waals surface area contributed by atoms with Gasteiger partial charge in [-0.15, -0.1) is 12.4 Å². The molecule has 30 heavy (non-hydrogen) atoms. The number of carbonyl (C=O) groups excluding carboxylic acids is 3. The van der Waals surface area contributed by atoms with Crippen LogP contribution >= 0.6 is 12.4 Å². The molecule has 10 heteroatoms. The van der Waals surface area contributed by atoms with Crippen LogP contribution in [0.3, 0.4) is 0 Å². The van der Waals surface area contributed by atoms with E-state index in [0.29, 0.717) is 24.1 Å². The molecular formula is C20H26ClN5O4. The fraction of sp³-hybridized carbons (Fsp3) is 0.400. The summed E-state index contributed by atoms with van der Waals surface area (Å²) in [5.74, 6) is -0.802. The number of hydrogen-bond acceptors (Lipinski definition) is 6. The molecule has 2 aromatic rings. The molecule has 1 fully saturated rings. The number of anilines is 1. The van der Waals surface area contributed by atoms with E-state index in [1.165, 1.54) is 7.11 Å². The van der Waals surface area contributed by atoms with E-state index in [2.05, 4.69) is 25.8 Å². The van der Waals surface area contributed by atoms with Crippen LogP contribution in [0.25, 0.3) is 0 Å². The van der Waals surface area contributed by atoms with Gasteiger partial charge in [0.2, 0.25) is 0 Å². The zero-order valence-corrected chi connectivity index (χ0v) is 17.5. The topological polar surface area (TPSA) is 114 Å². The lowest BCUT2D eigenvalue weighted by molar-refractivity contribution is -0.140. The van der Waals surface area contributed by atoms with Gasteiger partial charge in [0.05, 0.1) is 13.5 Å². The summed E-state index contributed by atoms with van der Waals surface area (Å²) in [5, 5.41) is 13.2. The Kier molecular flexibility index (Phi) is 8.37. The maximum absolute atomic E-state index is 13.1. The zero-order valence-electron chi connectivity index (χ0n) is 16.7. The van der Waals surface area contributed by atoms with Crippen molar-refractivity contribution in [1.82, 2.24) is 20.4 Å². The first-order chi connectivity index (χ1) is 14.0. The number of halogens is 1. The van der Waals surface area contributed by atoms with Gasteiger partial charge in [-0.3, -0.25) is 19.1 Å². The highest BCUT2D eigenvalue weighted by atomic mass is 35.5. The molecule has 3 N–H and O–H groups in total. The average Bonchev–Trinajstić information content (AvgIpc) is 3.30. The number of aromatic nitrogens is 2. The molecule has 1 aliphatic heterocycles. The minimum Gasteiger partial charge on any atom is -0.469 e. The maximum atomic E-state index is 13.1. The third kappa shape index (κ3) is 5.37. The predicted octanol–water partition coefficient (Wildman–Crippen LogP) is 1.32. The molecule has 0 unspecified atom stereocenters. The molecule has 0 radical (unpaired) electrons. The number of methoxy groups -OCH3 is 1. The third-order valence-electron chi connectivity index (χ3n) is 5.04. The number of esters is 1. The van der Waals surface area contributed by atoms with E-state index < -0.39 is 5.54 Å². The Bertz CT molecular complexity index is 849. The van der Waals surface area contributed by atoms with Gasteiger partial charge in [0.1, 0.15) is 5.54 Å². The van der Waals surface area contributed by atoms with Crippen molar-refractivity contribution in [2.45, 2.75) is 24.8 Å². The molecule has 1 saturated heterocycles. The fourth-order valence-electron chi connectivity index (χ4n) is 3.36. The Labute approximate surface area is 181 Å². The van der Waals surface area contributed by atoms with Gasteiger partial charge in [0, 0.05) is 30.2 Å². The normalized spacial score (nSPS) is 14.8. The first kappa shape index (κ1) is 23.4. The molecule has 1 aromatic carbocycles. The van der Waals surface area contributed by atoms with E-state index >= 15 is 0 Å². The second-order valence-electron chi connectivity index (χ2n) is 6.85. The highest BCUT2D eigenvalue weighted by molar-refractivity contribution is 5.98. The molecule has 0 bridgehead atoms. The van der Waals surface area contributed by atoms with E-state index in [9.17, 15) is 14.4 Å². The largest absolute Gasteiger partial charge is 0.469 e. The lowest BCUT2D eigenvalue weighted by Gasteiger charge is -2.36. The second-order valence-corrected chi connectivity index (χ2v) is 6.85. The highest BCUT2D eigenvalue weighted by Crippen LogP contribution is 2.28. The standard InChI is InChI=1S/C20H25N5O4.ClH/c1-29-17(26)7-11-22-18(27)15-3-5-16(6-4-15)24-19(28)20(8-12-21-13-9-20)25-14-2-10-23-25;/h2-6,10,14,21H,7-9,11-13H2,1H3,(H,22,27)(H,24,28);1H. The van der Waals surface area contributed by atoms with Gasteiger partial charge >= 0.3 is 5.97 Å². The number of carbonyl (C=O) groups is 3. The minimum atomic E-state index is -0.737. The molecular weight excluding hydrogens is 410 g/mol. The summed E-state index contributed by atoms with van der Waals surface area (Å²) in [7, 11) is 1.30. The van der Waals surface area contributed by atoms with E-state index in [4.69, 9.17) is 0 Å². The smallest absolute Gasteiger partial charge is 0.307 e. The molecule has 0 aliphatic carbocycles. The van der Waals surface area contributed by atoms with Gasteiger partial charge in [0.15, 0.2) is 0 Å². The number of nitrogens with zero attached hydrogens (tertiary/aromatic N) is 2. The van der Waals surface area contributed by atoms with Crippen molar-refractivity contribution in [3.05, 3.63) is 48.3 Å². The monoisotopic (exact) mass is 435 g/mol. The molecule has 0 atom stereocenters. The van der Waals surface area contributed by atoms with Crippen LogP contribution in [0.1, 0.15) is 29.6 Å². The van der Waals surface area contributed by atoms with Gasteiger partial charge in [0.25, 0.3) is 11.8 Å². The number of nitrogens with one attached hydrogen (secondary N) is 3. The van der Waals surface area contributed by atoms with E-state index in [1.807, 2.05) is 12.3 Å². The van der Waals surface area contributed by atoms with Crippen molar-refractivity contribution >= 4 is 35.9 Å². The summed E-state index contributed by atoms with van der Waals surface area (Å²) in [6.07, 6.45) is 4.88. The molecule has 3 rings (SSSR count). The van der Waals surface area contributed by atoms with Crippen LogP contribution < -0.4 is 16.0 Å². The second kappa shape index (κ2) is 10.7. The fourth-order valence-corrected chi connectivity index (χ4v) is 3.36. The third-order valence-corrected chi connectivity index (χ3v) is 5.04. The number of piperidine rings is 1. The van der Waals surface area contributed by atoms with E-state index in [1.54, 1.807) is 35.1 Å². The minimum absolute atomic E-state index is 0. The van der Waals surface area contributed by atoms with Crippen LogP contribution in [0, 0.1) is 0 Å². The van der Waals surface area contributed by atoms with E-state index in [0.717, 1.165) is 13.1 Å². The van der Waals surface area contributed by atoms with Gasteiger partial charge in [-0.25, -0.2) is 0 Å². The molecule has 9 nitrogen and oxygen atoms in total. The number of amides is 2. The van der Waals surface area contributed by atoms with E-state index in [-0.39, 0.29) is 43.2 Å². The van der Waals surface area contributed by atoms with Crippen molar-refractivity contribution < 1.29 is 19.1 Å². The van der Waals surface area contributed by atoms with Crippen LogP contribution in [0.15, 0.2) is 42.7 Å². The van der Waals surface area contributed by atoms with Gasteiger partial charge in [-0.1, -0.05) is 0 Å². The Balaban J connectivity index is 0.00000320. The van der Waals surface area contributed by atoms with Crippen molar-refractivity contribution in [2.75, 3.05) is 32.1 Å². The Morgan fingerprint density at radius 1 is 1.20 bits per heavy atom. The summed E-state index contributed by atoms with van der Waals surface area (Å²) < 4.78 is 6.26. The quantitative estimate of drug-likeness (QED) is 0.565. The summed E-state index contributed by atoms with van der Waals surface area (Å²) in [6.45, 7) is 1.67. The molecule has 2 amide bonds. The highest BCUT2D eigenvalue weighted by Gasteiger charge is 2.42. The molecule has 0 saturated carbocycles. The van der Waals surface area contributed by atoms with Crippen molar-refractivity contribution in [3.63, 3.8) is 0 Å². The summed E-state index contributed by atoms with van der Waals surface area (Å²) in [6, 6.07) is 8.44. The van der Waals surface area contributed by atoms with Gasteiger partial charge in [-0.05, 0) is 56.3 Å². The van der Waals surface area contributed by atoms with Crippen LogP contribution in [0.2, 0.25) is 0 Å². The molecule has 0 spiro atoms. The molecule has 1 aromatic heterocycles. The summed E-state index contributed by atoms with van der Waals surface area (Å²) >= 11 is 0. The van der Waals surface area contributed by atoms with Crippen LogP contribution in [0.4, 0.5) is 5.69 Å². The lowest BCUT2D eigenvalue weighted by Crippen LogP contribution is -2.52. The maximum Gasteiger partial charge on any atom is 0.307 e. The number of benzene rings is 1. The summed E-state index contributed by atoms with van der Waals surface area (Å²) in [5.41, 5.74) is 0.307. The zero-order chi connectivity index (χ0) is 20.7. The number of ether oxygens (including phenoxy) is 1. The molecule has 162 valence electrons. The Morgan fingerprint density at radius 2 is 1.90 bits per heavy atom. The molecule has 1 aliphatic rings. The van der Waals surface area contributed by atoms with Crippen molar-refractivity contribution in [1.29, 1.82) is 0 Å².